The van der Waals surface area contributed by atoms with Crippen LogP contribution in [0, 0.1) is 6.92 Å². The van der Waals surface area contributed by atoms with Gasteiger partial charge in [-0.25, -0.2) is 5.43 Å². The Balaban J connectivity index is 2.06. The van der Waals surface area contributed by atoms with Crippen LogP contribution in [0.1, 0.15) is 35.1 Å². The zero-order valence-corrected chi connectivity index (χ0v) is 15.3. The van der Waals surface area contributed by atoms with Gasteiger partial charge < -0.3 is 10.3 Å². The van der Waals surface area contributed by atoms with Gasteiger partial charge in [0.1, 0.15) is 11.4 Å². The average molecular weight is 392 g/mol. The van der Waals surface area contributed by atoms with Crippen LogP contribution >= 0.6 is 0 Å². The second-order valence-corrected chi connectivity index (χ2v) is 6.17. The van der Waals surface area contributed by atoms with Gasteiger partial charge in [-0.15, -0.1) is 0 Å². The number of hydrazone groups is 1. The lowest BCUT2D eigenvalue weighted by atomic mass is 10.0. The summed E-state index contributed by atoms with van der Waals surface area (Å²) in [5.74, 6) is -0.602. The van der Waals surface area contributed by atoms with Crippen LogP contribution in [-0.2, 0) is 17.4 Å². The molecule has 1 amide bonds. The predicted molar refractivity (Wildman–Crippen MR) is 97.5 cm³/mol. The zero-order valence-electron chi connectivity index (χ0n) is 15.3. The quantitative estimate of drug-likeness (QED) is 0.519. The molecule has 0 aliphatic carbocycles. The maximum atomic E-state index is 13.8. The molecule has 1 aliphatic heterocycles. The number of aryl methyl sites for hydroxylation is 1. The van der Waals surface area contributed by atoms with Crippen LogP contribution in [0.2, 0.25) is 0 Å². The van der Waals surface area contributed by atoms with Crippen LogP contribution in [0.15, 0.2) is 29.3 Å². The number of H-pyrrole nitrogens is 1. The lowest BCUT2D eigenvalue weighted by Crippen LogP contribution is -2.18. The summed E-state index contributed by atoms with van der Waals surface area (Å²) in [5, 5.41) is 6.91. The fourth-order valence-corrected chi connectivity index (χ4v) is 3.05. The zero-order chi connectivity index (χ0) is 20.3. The number of hydrogen-bond acceptors (Lipinski definition) is 5. The SMILES string of the molecule is CCNCCc1c(C)[nH]c(C=C2C(=O)NN=C2c2cnccn2)c1C(F)(F)F. The van der Waals surface area contributed by atoms with Crippen LogP contribution in [0.5, 0.6) is 0 Å². The Morgan fingerprint density at radius 1 is 1.29 bits per heavy atom. The monoisotopic (exact) mass is 392 g/mol. The molecule has 10 heteroatoms. The Morgan fingerprint density at radius 3 is 2.71 bits per heavy atom. The van der Waals surface area contributed by atoms with E-state index in [1.807, 2.05) is 6.92 Å². The van der Waals surface area contributed by atoms with Gasteiger partial charge in [-0.2, -0.15) is 18.3 Å². The van der Waals surface area contributed by atoms with Crippen LogP contribution < -0.4 is 10.7 Å². The molecule has 1 aliphatic rings. The highest BCUT2D eigenvalue weighted by Gasteiger charge is 2.38. The molecule has 0 unspecified atom stereocenters. The molecule has 0 saturated carbocycles. The first-order valence-corrected chi connectivity index (χ1v) is 8.68. The molecule has 0 bridgehead atoms. The number of halogens is 3. The molecule has 0 atom stereocenters. The van der Waals surface area contributed by atoms with Crippen molar-refractivity contribution in [3.63, 3.8) is 0 Å². The van der Waals surface area contributed by atoms with E-state index in [1.54, 1.807) is 6.92 Å². The fourth-order valence-electron chi connectivity index (χ4n) is 3.05. The van der Waals surface area contributed by atoms with Crippen molar-refractivity contribution < 1.29 is 18.0 Å². The molecule has 0 aromatic carbocycles. The highest BCUT2D eigenvalue weighted by atomic mass is 19.4. The Morgan fingerprint density at radius 2 is 2.07 bits per heavy atom. The number of hydrogen-bond donors (Lipinski definition) is 3. The summed E-state index contributed by atoms with van der Waals surface area (Å²) in [4.78, 5) is 22.9. The molecule has 3 heterocycles. The number of rotatable bonds is 6. The third kappa shape index (κ3) is 3.96. The Kier molecular flexibility index (Phi) is 5.59. The Hall–Kier alpha value is -3.01. The molecule has 3 N–H and O–H groups in total. The normalized spacial score (nSPS) is 15.8. The summed E-state index contributed by atoms with van der Waals surface area (Å²) in [6, 6.07) is 0. The summed E-state index contributed by atoms with van der Waals surface area (Å²) in [5.41, 5.74) is 2.33. The van der Waals surface area contributed by atoms with E-state index in [0.717, 1.165) is 0 Å². The lowest BCUT2D eigenvalue weighted by molar-refractivity contribution is -0.138. The van der Waals surface area contributed by atoms with Crippen molar-refractivity contribution in [2.45, 2.75) is 26.4 Å². The van der Waals surface area contributed by atoms with Crippen LogP contribution in [0.3, 0.4) is 0 Å². The molecule has 7 nitrogen and oxygen atoms in total. The summed E-state index contributed by atoms with van der Waals surface area (Å²) in [6.45, 7) is 4.56. The molecule has 0 spiro atoms. The number of aromatic nitrogens is 3. The molecule has 3 rings (SSSR count). The van der Waals surface area contributed by atoms with Gasteiger partial charge in [0, 0.05) is 18.1 Å². The van der Waals surface area contributed by atoms with E-state index in [9.17, 15) is 18.0 Å². The summed E-state index contributed by atoms with van der Waals surface area (Å²) in [7, 11) is 0. The van der Waals surface area contributed by atoms with Gasteiger partial charge in [0.15, 0.2) is 0 Å². The number of aromatic amines is 1. The molecular weight excluding hydrogens is 373 g/mol. The van der Waals surface area contributed by atoms with Gasteiger partial charge in [-0.3, -0.25) is 14.8 Å². The molecule has 28 heavy (non-hydrogen) atoms. The minimum atomic E-state index is -4.57. The first-order chi connectivity index (χ1) is 13.3. The van der Waals surface area contributed by atoms with Crippen LogP contribution in [0.4, 0.5) is 13.2 Å². The molecule has 148 valence electrons. The van der Waals surface area contributed by atoms with Crippen LogP contribution in [0.25, 0.3) is 6.08 Å². The molecule has 0 saturated heterocycles. The second kappa shape index (κ2) is 7.93. The highest BCUT2D eigenvalue weighted by molar-refractivity contribution is 6.32. The van der Waals surface area contributed by atoms with Crippen molar-refractivity contribution in [3.05, 3.63) is 52.4 Å². The van der Waals surface area contributed by atoms with Crippen LogP contribution in [-0.4, -0.2) is 39.7 Å². The number of carbonyl (C=O) groups excluding carboxylic acids is 1. The molecule has 2 aromatic heterocycles. The van der Waals surface area contributed by atoms with Gasteiger partial charge in [0.05, 0.1) is 23.0 Å². The molecular formula is C18H19F3N6O. The molecule has 0 fully saturated rings. The van der Waals surface area contributed by atoms with E-state index < -0.39 is 17.6 Å². The van der Waals surface area contributed by atoms with Crippen molar-refractivity contribution in [2.75, 3.05) is 13.1 Å². The Bertz CT molecular complexity index is 931. The molecule has 0 radical (unpaired) electrons. The van der Waals surface area contributed by atoms with Crippen molar-refractivity contribution in [1.29, 1.82) is 0 Å². The average Bonchev–Trinajstić information content (AvgIpc) is 3.16. The van der Waals surface area contributed by atoms with Crippen molar-refractivity contribution >= 4 is 17.7 Å². The van der Waals surface area contributed by atoms with E-state index in [1.165, 1.54) is 24.7 Å². The predicted octanol–water partition coefficient (Wildman–Crippen LogP) is 2.20. The number of amides is 1. The van der Waals surface area contributed by atoms with Crippen molar-refractivity contribution in [2.24, 2.45) is 5.10 Å². The van der Waals surface area contributed by atoms with Gasteiger partial charge in [-0.1, -0.05) is 6.92 Å². The van der Waals surface area contributed by atoms with Gasteiger partial charge in [0.2, 0.25) is 0 Å². The number of alkyl halides is 3. The van der Waals surface area contributed by atoms with Gasteiger partial charge in [-0.05, 0) is 38.1 Å². The van der Waals surface area contributed by atoms with Gasteiger partial charge in [0.25, 0.3) is 5.91 Å². The Labute approximate surface area is 159 Å². The lowest BCUT2D eigenvalue weighted by Gasteiger charge is -2.11. The standard InChI is InChI=1S/C18H19F3N6O/c1-3-22-5-4-11-10(2)25-13(15(11)18(19,20)21)8-12-16(26-27-17(12)28)14-9-23-6-7-24-14/h6-9,22,25H,3-5H2,1-2H3,(H,27,28). The smallest absolute Gasteiger partial charge is 0.358 e. The van der Waals surface area contributed by atoms with Gasteiger partial charge >= 0.3 is 6.18 Å². The number of nitrogens with zero attached hydrogens (tertiary/aromatic N) is 3. The van der Waals surface area contributed by atoms with E-state index in [0.29, 0.717) is 18.8 Å². The van der Waals surface area contributed by atoms with E-state index in [-0.39, 0.29) is 34.7 Å². The highest BCUT2D eigenvalue weighted by Crippen LogP contribution is 2.37. The second-order valence-electron chi connectivity index (χ2n) is 6.17. The first-order valence-electron chi connectivity index (χ1n) is 8.68. The number of likely N-dealkylation sites (N-methyl/N-ethyl adjacent to an activating group) is 1. The minimum absolute atomic E-state index is 0.00881. The third-order valence-electron chi connectivity index (χ3n) is 4.29. The summed E-state index contributed by atoms with van der Waals surface area (Å²) < 4.78 is 41.4. The topological polar surface area (TPSA) is 95.1 Å². The van der Waals surface area contributed by atoms with E-state index in [2.05, 4.69) is 30.8 Å². The first kappa shape index (κ1) is 19.7. The maximum Gasteiger partial charge on any atom is 0.418 e. The fraction of sp³-hybridized carbons (Fsp3) is 0.333. The molecule has 2 aromatic rings. The van der Waals surface area contributed by atoms with Crippen molar-refractivity contribution in [3.8, 4) is 0 Å². The minimum Gasteiger partial charge on any atom is -0.358 e. The summed E-state index contributed by atoms with van der Waals surface area (Å²) in [6.07, 6.45) is 1.06. The number of carbonyl (C=O) groups is 1. The van der Waals surface area contributed by atoms with E-state index in [4.69, 9.17) is 0 Å². The summed E-state index contributed by atoms with van der Waals surface area (Å²) >= 11 is 0. The van der Waals surface area contributed by atoms with Crippen molar-refractivity contribution in [1.82, 2.24) is 25.7 Å². The third-order valence-corrected chi connectivity index (χ3v) is 4.29. The number of nitrogens with one attached hydrogen (secondary N) is 3. The van der Waals surface area contributed by atoms with E-state index >= 15 is 0 Å². The largest absolute Gasteiger partial charge is 0.418 e. The maximum absolute atomic E-state index is 13.8.